The van der Waals surface area contributed by atoms with Crippen LogP contribution in [0.3, 0.4) is 0 Å². The average molecular weight is 279 g/mol. The summed E-state index contributed by atoms with van der Waals surface area (Å²) in [6, 6.07) is 0.781. The smallest absolute Gasteiger partial charge is 0.0334 e. The first-order chi connectivity index (χ1) is 9.64. The van der Waals surface area contributed by atoms with E-state index in [4.69, 9.17) is 5.73 Å². The van der Waals surface area contributed by atoms with E-state index < -0.39 is 0 Å². The van der Waals surface area contributed by atoms with Crippen LogP contribution in [0.15, 0.2) is 0 Å². The predicted molar refractivity (Wildman–Crippen MR) is 84.7 cm³/mol. The lowest BCUT2D eigenvalue weighted by Crippen LogP contribution is -2.59. The van der Waals surface area contributed by atoms with Crippen molar-refractivity contribution in [2.75, 3.05) is 33.7 Å². The molecule has 0 bridgehead atoms. The van der Waals surface area contributed by atoms with Crippen LogP contribution in [-0.4, -0.2) is 55.1 Å². The molecule has 0 aromatic carbocycles. The Labute approximate surface area is 124 Å². The Morgan fingerprint density at radius 1 is 1.05 bits per heavy atom. The molecule has 2 aliphatic carbocycles. The topological polar surface area (TPSA) is 32.5 Å². The van der Waals surface area contributed by atoms with Gasteiger partial charge in [-0.3, -0.25) is 4.90 Å². The highest BCUT2D eigenvalue weighted by Crippen LogP contribution is 2.48. The van der Waals surface area contributed by atoms with Crippen LogP contribution in [-0.2, 0) is 0 Å². The van der Waals surface area contributed by atoms with Gasteiger partial charge in [0.1, 0.15) is 0 Å². The first-order valence-electron chi connectivity index (χ1n) is 8.76. The standard InChI is InChI=1S/C17H33N3/c1-19(2)16-7-10-20(11-8-16)17(13-18)9-3-4-15(12-17)14-5-6-14/h14-16H,3-13,18H2,1-2H3. The Hall–Kier alpha value is -0.120. The Morgan fingerprint density at radius 2 is 1.75 bits per heavy atom. The van der Waals surface area contributed by atoms with Crippen molar-refractivity contribution < 1.29 is 0 Å². The molecule has 3 heteroatoms. The Balaban J connectivity index is 1.63. The minimum Gasteiger partial charge on any atom is -0.329 e. The highest BCUT2D eigenvalue weighted by atomic mass is 15.2. The van der Waals surface area contributed by atoms with Crippen molar-refractivity contribution in [1.82, 2.24) is 9.80 Å². The van der Waals surface area contributed by atoms with Crippen LogP contribution >= 0.6 is 0 Å². The summed E-state index contributed by atoms with van der Waals surface area (Å²) < 4.78 is 0. The van der Waals surface area contributed by atoms with Gasteiger partial charge < -0.3 is 10.6 Å². The van der Waals surface area contributed by atoms with Crippen LogP contribution in [0.2, 0.25) is 0 Å². The van der Waals surface area contributed by atoms with Crippen LogP contribution in [0, 0.1) is 11.8 Å². The molecule has 2 N–H and O–H groups in total. The van der Waals surface area contributed by atoms with Gasteiger partial charge in [-0.1, -0.05) is 12.8 Å². The van der Waals surface area contributed by atoms with Gasteiger partial charge in [-0.05, 0) is 64.5 Å². The van der Waals surface area contributed by atoms with Crippen molar-refractivity contribution in [2.45, 2.75) is 62.9 Å². The monoisotopic (exact) mass is 279 g/mol. The van der Waals surface area contributed by atoms with Gasteiger partial charge in [-0.2, -0.15) is 0 Å². The van der Waals surface area contributed by atoms with Crippen LogP contribution in [0.5, 0.6) is 0 Å². The van der Waals surface area contributed by atoms with Crippen molar-refractivity contribution in [3.63, 3.8) is 0 Å². The molecule has 116 valence electrons. The minimum absolute atomic E-state index is 0.350. The van der Waals surface area contributed by atoms with E-state index in [9.17, 15) is 0 Å². The van der Waals surface area contributed by atoms with Crippen molar-refractivity contribution in [1.29, 1.82) is 0 Å². The summed E-state index contributed by atoms with van der Waals surface area (Å²) in [5.41, 5.74) is 6.64. The van der Waals surface area contributed by atoms with Crippen molar-refractivity contribution >= 4 is 0 Å². The zero-order chi connectivity index (χ0) is 14.2. The molecular weight excluding hydrogens is 246 g/mol. The number of nitrogens with zero attached hydrogens (tertiary/aromatic N) is 2. The number of hydrogen-bond acceptors (Lipinski definition) is 3. The fourth-order valence-corrected chi connectivity index (χ4v) is 4.81. The molecule has 1 heterocycles. The first-order valence-corrected chi connectivity index (χ1v) is 8.76. The molecule has 3 nitrogen and oxygen atoms in total. The molecular formula is C17H33N3. The zero-order valence-electron chi connectivity index (χ0n) is 13.5. The molecule has 0 aromatic heterocycles. The summed E-state index contributed by atoms with van der Waals surface area (Å²) >= 11 is 0. The number of hydrogen-bond donors (Lipinski definition) is 1. The Kier molecular flexibility index (Phi) is 4.40. The third kappa shape index (κ3) is 2.90. The van der Waals surface area contributed by atoms with E-state index in [1.54, 1.807) is 0 Å². The van der Waals surface area contributed by atoms with Gasteiger partial charge in [-0.25, -0.2) is 0 Å². The maximum absolute atomic E-state index is 6.29. The lowest BCUT2D eigenvalue weighted by atomic mass is 9.72. The van der Waals surface area contributed by atoms with Crippen molar-refractivity contribution in [3.8, 4) is 0 Å². The van der Waals surface area contributed by atoms with E-state index in [2.05, 4.69) is 23.9 Å². The van der Waals surface area contributed by atoms with E-state index in [0.717, 1.165) is 24.4 Å². The molecule has 20 heavy (non-hydrogen) atoms. The molecule has 1 aliphatic heterocycles. The van der Waals surface area contributed by atoms with Gasteiger partial charge >= 0.3 is 0 Å². The van der Waals surface area contributed by atoms with Gasteiger partial charge in [0.25, 0.3) is 0 Å². The average Bonchev–Trinajstić information content (AvgIpc) is 3.32. The normalized spacial score (nSPS) is 37.5. The quantitative estimate of drug-likeness (QED) is 0.857. The van der Waals surface area contributed by atoms with Gasteiger partial charge in [0.05, 0.1) is 0 Å². The molecule has 3 aliphatic rings. The summed E-state index contributed by atoms with van der Waals surface area (Å²) in [4.78, 5) is 5.18. The highest BCUT2D eigenvalue weighted by Gasteiger charge is 2.45. The zero-order valence-corrected chi connectivity index (χ0v) is 13.5. The van der Waals surface area contributed by atoms with E-state index in [-0.39, 0.29) is 0 Å². The number of nitrogens with two attached hydrogens (primary N) is 1. The summed E-state index contributed by atoms with van der Waals surface area (Å²) in [6.07, 6.45) is 11.3. The SMILES string of the molecule is CN(C)C1CCN(C2(CN)CCCC(C3CC3)C2)CC1. The second kappa shape index (κ2) is 5.94. The number of rotatable bonds is 4. The van der Waals surface area contributed by atoms with Crippen LogP contribution in [0.25, 0.3) is 0 Å². The number of piperidine rings is 1. The van der Waals surface area contributed by atoms with Crippen molar-refractivity contribution in [3.05, 3.63) is 0 Å². The molecule has 0 aromatic rings. The fraction of sp³-hybridized carbons (Fsp3) is 1.00. The summed E-state index contributed by atoms with van der Waals surface area (Å²) in [6.45, 7) is 3.40. The first kappa shape index (κ1) is 14.8. The highest BCUT2D eigenvalue weighted by molar-refractivity contribution is 5.01. The fourth-order valence-electron chi connectivity index (χ4n) is 4.81. The molecule has 2 atom stereocenters. The Bertz CT molecular complexity index is 318. The molecule has 2 unspecified atom stereocenters. The minimum atomic E-state index is 0.350. The molecule has 3 fully saturated rings. The molecule has 0 radical (unpaired) electrons. The second-order valence-electron chi connectivity index (χ2n) is 7.80. The van der Waals surface area contributed by atoms with Crippen LogP contribution in [0.1, 0.15) is 51.4 Å². The largest absolute Gasteiger partial charge is 0.329 e. The van der Waals surface area contributed by atoms with E-state index in [1.165, 1.54) is 64.5 Å². The molecule has 0 spiro atoms. The predicted octanol–water partition coefficient (Wildman–Crippen LogP) is 2.31. The van der Waals surface area contributed by atoms with Crippen LogP contribution < -0.4 is 5.73 Å². The van der Waals surface area contributed by atoms with Gasteiger partial charge in [-0.15, -0.1) is 0 Å². The molecule has 2 saturated carbocycles. The van der Waals surface area contributed by atoms with Gasteiger partial charge in [0, 0.05) is 31.2 Å². The maximum Gasteiger partial charge on any atom is 0.0334 e. The van der Waals surface area contributed by atoms with Gasteiger partial charge in [0.2, 0.25) is 0 Å². The summed E-state index contributed by atoms with van der Waals surface area (Å²) in [7, 11) is 4.45. The molecule has 3 rings (SSSR count). The number of likely N-dealkylation sites (tertiary alicyclic amines) is 1. The van der Waals surface area contributed by atoms with Crippen molar-refractivity contribution in [2.24, 2.45) is 17.6 Å². The molecule has 1 saturated heterocycles. The summed E-state index contributed by atoms with van der Waals surface area (Å²) in [5.74, 6) is 2.04. The van der Waals surface area contributed by atoms with E-state index >= 15 is 0 Å². The molecule has 0 amide bonds. The van der Waals surface area contributed by atoms with E-state index in [0.29, 0.717) is 5.54 Å². The lowest BCUT2D eigenvalue weighted by molar-refractivity contribution is 0.00170. The lowest BCUT2D eigenvalue weighted by Gasteiger charge is -2.51. The summed E-state index contributed by atoms with van der Waals surface area (Å²) in [5, 5.41) is 0. The Morgan fingerprint density at radius 3 is 2.30 bits per heavy atom. The maximum atomic E-state index is 6.29. The van der Waals surface area contributed by atoms with Gasteiger partial charge in [0.15, 0.2) is 0 Å². The third-order valence-electron chi connectivity index (χ3n) is 6.39. The van der Waals surface area contributed by atoms with Crippen LogP contribution in [0.4, 0.5) is 0 Å². The second-order valence-corrected chi connectivity index (χ2v) is 7.80. The third-order valence-corrected chi connectivity index (χ3v) is 6.39. The van der Waals surface area contributed by atoms with E-state index in [1.807, 2.05) is 0 Å².